The van der Waals surface area contributed by atoms with E-state index in [1.54, 1.807) is 22.9 Å². The monoisotopic (exact) mass is 352 g/mol. The zero-order chi connectivity index (χ0) is 17.5. The molecule has 1 heterocycles. The summed E-state index contributed by atoms with van der Waals surface area (Å²) in [7, 11) is 0. The molecular weight excluding hydrogens is 332 g/mol. The number of thiophene rings is 1. The molecule has 4 nitrogen and oxygen atoms in total. The standard InChI is InChI=1S/C20H20N2O2S/c23-20(22-24)9-8-15-4-6-16(7-5-15)14-21-12-10-17-2-1-3-19-18(17)11-13-25-19/h1-9,11,13,21,24H,10,12,14H2,(H,22,23)/b9-8+. The molecule has 1 amide bonds. The Morgan fingerprint density at radius 1 is 1.12 bits per heavy atom. The van der Waals surface area contributed by atoms with Crippen molar-refractivity contribution in [2.24, 2.45) is 0 Å². The van der Waals surface area contributed by atoms with Gasteiger partial charge >= 0.3 is 0 Å². The molecule has 0 aliphatic heterocycles. The van der Waals surface area contributed by atoms with Crippen LogP contribution in [0, 0.1) is 0 Å². The lowest BCUT2D eigenvalue weighted by atomic mass is 10.1. The largest absolute Gasteiger partial charge is 0.312 e. The molecule has 128 valence electrons. The maximum atomic E-state index is 11.0. The van der Waals surface area contributed by atoms with Crippen molar-refractivity contribution in [1.29, 1.82) is 0 Å². The van der Waals surface area contributed by atoms with Gasteiger partial charge in [-0.1, -0.05) is 36.4 Å². The second kappa shape index (κ2) is 8.58. The van der Waals surface area contributed by atoms with Gasteiger partial charge in [-0.3, -0.25) is 10.0 Å². The zero-order valence-electron chi connectivity index (χ0n) is 13.7. The van der Waals surface area contributed by atoms with Crippen molar-refractivity contribution in [3.63, 3.8) is 0 Å². The third kappa shape index (κ3) is 4.76. The van der Waals surface area contributed by atoms with Gasteiger partial charge in [-0.05, 0) is 58.6 Å². The first-order valence-corrected chi connectivity index (χ1v) is 9.01. The second-order valence-electron chi connectivity index (χ2n) is 5.73. The van der Waals surface area contributed by atoms with E-state index >= 15 is 0 Å². The quantitative estimate of drug-likeness (QED) is 0.263. The Labute approximate surface area is 150 Å². The molecule has 0 fully saturated rings. The average molecular weight is 352 g/mol. The summed E-state index contributed by atoms with van der Waals surface area (Å²) in [5, 5.41) is 15.4. The van der Waals surface area contributed by atoms with Crippen molar-refractivity contribution in [3.05, 3.63) is 76.7 Å². The topological polar surface area (TPSA) is 61.4 Å². The molecule has 3 aromatic rings. The third-order valence-electron chi connectivity index (χ3n) is 4.00. The summed E-state index contributed by atoms with van der Waals surface area (Å²) >= 11 is 1.78. The number of amides is 1. The molecule has 0 bridgehead atoms. The Morgan fingerprint density at radius 2 is 1.96 bits per heavy atom. The van der Waals surface area contributed by atoms with Crippen molar-refractivity contribution in [2.45, 2.75) is 13.0 Å². The molecular formula is C20H20N2O2S. The fraction of sp³-hybridized carbons (Fsp3) is 0.150. The first-order valence-electron chi connectivity index (χ1n) is 8.13. The molecule has 25 heavy (non-hydrogen) atoms. The summed E-state index contributed by atoms with van der Waals surface area (Å²) in [4.78, 5) is 11.0. The first kappa shape index (κ1) is 17.4. The summed E-state index contributed by atoms with van der Waals surface area (Å²) in [6.45, 7) is 1.73. The van der Waals surface area contributed by atoms with Crippen LogP contribution in [0.15, 0.2) is 60.0 Å². The van der Waals surface area contributed by atoms with E-state index in [0.717, 1.165) is 25.1 Å². The molecule has 2 aromatic carbocycles. The number of carbonyl (C=O) groups is 1. The van der Waals surface area contributed by atoms with Crippen LogP contribution in [0.25, 0.3) is 16.2 Å². The highest BCUT2D eigenvalue weighted by Gasteiger charge is 2.01. The highest BCUT2D eigenvalue weighted by atomic mass is 32.1. The van der Waals surface area contributed by atoms with Crippen LogP contribution in [0.5, 0.6) is 0 Å². The van der Waals surface area contributed by atoms with Crippen LogP contribution in [-0.4, -0.2) is 17.7 Å². The number of hydrogen-bond acceptors (Lipinski definition) is 4. The Kier molecular flexibility index (Phi) is 5.95. The number of rotatable bonds is 7. The van der Waals surface area contributed by atoms with Crippen LogP contribution in [0.3, 0.4) is 0 Å². The fourth-order valence-electron chi connectivity index (χ4n) is 2.69. The molecule has 0 saturated carbocycles. The van der Waals surface area contributed by atoms with Crippen molar-refractivity contribution >= 4 is 33.4 Å². The Bertz CT molecular complexity index is 869. The van der Waals surface area contributed by atoms with Gasteiger partial charge in [0.05, 0.1) is 0 Å². The molecule has 0 radical (unpaired) electrons. The fourth-order valence-corrected chi connectivity index (χ4v) is 3.52. The van der Waals surface area contributed by atoms with E-state index in [4.69, 9.17) is 5.21 Å². The number of hydroxylamine groups is 1. The van der Waals surface area contributed by atoms with Gasteiger partial charge in [-0.15, -0.1) is 11.3 Å². The molecule has 0 aliphatic carbocycles. The molecule has 0 unspecified atom stereocenters. The Morgan fingerprint density at radius 3 is 2.76 bits per heavy atom. The van der Waals surface area contributed by atoms with Gasteiger partial charge in [0.15, 0.2) is 0 Å². The van der Waals surface area contributed by atoms with E-state index in [9.17, 15) is 4.79 Å². The van der Waals surface area contributed by atoms with Crippen LogP contribution in [0.1, 0.15) is 16.7 Å². The zero-order valence-corrected chi connectivity index (χ0v) is 14.6. The molecule has 3 N–H and O–H groups in total. The average Bonchev–Trinajstić information content (AvgIpc) is 3.13. The SMILES string of the molecule is O=C(/C=C/c1ccc(CNCCc2cccc3sccc23)cc1)NO. The number of fused-ring (bicyclic) bond motifs is 1. The number of nitrogens with one attached hydrogen (secondary N) is 2. The van der Waals surface area contributed by atoms with Gasteiger partial charge < -0.3 is 5.32 Å². The van der Waals surface area contributed by atoms with Gasteiger partial charge in [0.25, 0.3) is 5.91 Å². The maximum Gasteiger partial charge on any atom is 0.267 e. The minimum absolute atomic E-state index is 0.536. The predicted octanol–water partition coefficient (Wildman–Crippen LogP) is 3.75. The predicted molar refractivity (Wildman–Crippen MR) is 103 cm³/mol. The summed E-state index contributed by atoms with van der Waals surface area (Å²) in [5.41, 5.74) is 5.06. The van der Waals surface area contributed by atoms with Crippen LogP contribution in [0.2, 0.25) is 0 Å². The van der Waals surface area contributed by atoms with Gasteiger partial charge in [0.2, 0.25) is 0 Å². The van der Waals surface area contributed by atoms with E-state index in [1.807, 2.05) is 24.3 Å². The highest BCUT2D eigenvalue weighted by Crippen LogP contribution is 2.24. The van der Waals surface area contributed by atoms with E-state index < -0.39 is 5.91 Å². The first-order chi connectivity index (χ1) is 12.3. The van der Waals surface area contributed by atoms with E-state index in [1.165, 1.54) is 27.3 Å². The lowest BCUT2D eigenvalue weighted by Gasteiger charge is -2.07. The van der Waals surface area contributed by atoms with Crippen molar-refractivity contribution in [1.82, 2.24) is 10.8 Å². The summed E-state index contributed by atoms with van der Waals surface area (Å²) in [6.07, 6.45) is 3.95. The maximum absolute atomic E-state index is 11.0. The van der Waals surface area contributed by atoms with Gasteiger partial charge in [0.1, 0.15) is 0 Å². The van der Waals surface area contributed by atoms with Crippen LogP contribution >= 0.6 is 11.3 Å². The van der Waals surface area contributed by atoms with Crippen molar-refractivity contribution in [2.75, 3.05) is 6.54 Å². The normalized spacial score (nSPS) is 11.2. The smallest absolute Gasteiger partial charge is 0.267 e. The van der Waals surface area contributed by atoms with Crippen molar-refractivity contribution in [3.8, 4) is 0 Å². The van der Waals surface area contributed by atoms with Gasteiger partial charge in [-0.2, -0.15) is 0 Å². The van der Waals surface area contributed by atoms with Crippen LogP contribution < -0.4 is 10.8 Å². The summed E-state index contributed by atoms with van der Waals surface area (Å²) < 4.78 is 1.34. The molecule has 0 aliphatic rings. The minimum atomic E-state index is -0.536. The number of benzene rings is 2. The Hall–Kier alpha value is -2.47. The van der Waals surface area contributed by atoms with Gasteiger partial charge in [0, 0.05) is 17.3 Å². The van der Waals surface area contributed by atoms with E-state index in [-0.39, 0.29) is 0 Å². The molecule has 1 aromatic heterocycles. The highest BCUT2D eigenvalue weighted by molar-refractivity contribution is 7.17. The molecule has 0 atom stereocenters. The Balaban J connectivity index is 1.48. The van der Waals surface area contributed by atoms with E-state index in [0.29, 0.717) is 0 Å². The third-order valence-corrected chi connectivity index (χ3v) is 4.89. The minimum Gasteiger partial charge on any atom is -0.312 e. The van der Waals surface area contributed by atoms with Gasteiger partial charge in [-0.25, -0.2) is 5.48 Å². The summed E-state index contributed by atoms with van der Waals surface area (Å²) in [5.74, 6) is -0.536. The van der Waals surface area contributed by atoms with Crippen LogP contribution in [-0.2, 0) is 17.8 Å². The molecule has 5 heteroatoms. The molecule has 3 rings (SSSR count). The van der Waals surface area contributed by atoms with E-state index in [2.05, 4.69) is 35.0 Å². The van der Waals surface area contributed by atoms with Crippen LogP contribution in [0.4, 0.5) is 0 Å². The number of carbonyl (C=O) groups excluding carboxylic acids is 1. The lowest BCUT2D eigenvalue weighted by molar-refractivity contribution is -0.124. The van der Waals surface area contributed by atoms with Crippen molar-refractivity contribution < 1.29 is 10.0 Å². The summed E-state index contributed by atoms with van der Waals surface area (Å²) in [6, 6.07) is 16.6. The molecule has 0 spiro atoms. The second-order valence-corrected chi connectivity index (χ2v) is 6.67. The molecule has 0 saturated heterocycles. The lowest BCUT2D eigenvalue weighted by Crippen LogP contribution is -2.16. The number of hydrogen-bond donors (Lipinski definition) is 3.